The van der Waals surface area contributed by atoms with Crippen LogP contribution in [0, 0.1) is 15.9 Å². The summed E-state index contributed by atoms with van der Waals surface area (Å²) >= 11 is 0. The number of benzene rings is 2. The predicted molar refractivity (Wildman–Crippen MR) is 117 cm³/mol. The highest BCUT2D eigenvalue weighted by molar-refractivity contribution is 6.05. The van der Waals surface area contributed by atoms with Crippen LogP contribution in [0.25, 0.3) is 22.3 Å². The molecule has 1 N–H and O–H groups in total. The number of fused-ring (bicyclic) bond motifs is 1. The summed E-state index contributed by atoms with van der Waals surface area (Å²) in [5.74, 6) is -2.51. The number of halogens is 1. The Kier molecular flexibility index (Phi) is 5.98. The molecule has 0 unspecified atom stereocenters. The number of aromatic nitrogens is 2. The monoisotopic (exact) mass is 446 g/mol. The highest BCUT2D eigenvalue weighted by Gasteiger charge is 2.18. The summed E-state index contributed by atoms with van der Waals surface area (Å²) in [5, 5.41) is 13.5. The summed E-state index contributed by atoms with van der Waals surface area (Å²) in [4.78, 5) is 43.9. The van der Waals surface area contributed by atoms with E-state index in [2.05, 4.69) is 15.3 Å². The maximum atomic E-state index is 13.9. The van der Waals surface area contributed by atoms with Gasteiger partial charge in [-0.25, -0.2) is 14.2 Å². The molecule has 2 aromatic heterocycles. The van der Waals surface area contributed by atoms with E-state index >= 15 is 0 Å². The number of esters is 1. The standard InChI is InChI=1S/C23H15FN4O5/c24-17-9-8-14(28(31)32)11-20(17)27-22(29)13-33-23(30)16-12-21(19-7-3-4-10-25-19)26-18-6-2-1-5-15(16)18/h1-12H,13H2,(H,27,29). The van der Waals surface area contributed by atoms with Gasteiger partial charge in [-0.3, -0.25) is 19.9 Å². The van der Waals surface area contributed by atoms with E-state index in [1.54, 1.807) is 48.7 Å². The topological polar surface area (TPSA) is 124 Å². The molecule has 0 radical (unpaired) electrons. The van der Waals surface area contributed by atoms with Crippen LogP contribution in [-0.2, 0) is 9.53 Å². The fourth-order valence-corrected chi connectivity index (χ4v) is 3.11. The minimum absolute atomic E-state index is 0.176. The molecule has 0 atom stereocenters. The number of hydrogen-bond donors (Lipinski definition) is 1. The van der Waals surface area contributed by atoms with Gasteiger partial charge in [-0.2, -0.15) is 0 Å². The number of ether oxygens (including phenoxy) is 1. The van der Waals surface area contributed by atoms with Crippen molar-refractivity contribution in [1.29, 1.82) is 0 Å². The highest BCUT2D eigenvalue weighted by Crippen LogP contribution is 2.25. The van der Waals surface area contributed by atoms with Crippen molar-refractivity contribution >= 4 is 34.2 Å². The number of nitro benzene ring substituents is 1. The smallest absolute Gasteiger partial charge is 0.339 e. The molecule has 4 aromatic rings. The van der Waals surface area contributed by atoms with Crippen LogP contribution < -0.4 is 5.32 Å². The number of nitrogens with one attached hydrogen (secondary N) is 1. The van der Waals surface area contributed by atoms with Crippen molar-refractivity contribution < 1.29 is 23.6 Å². The van der Waals surface area contributed by atoms with Crippen LogP contribution in [-0.4, -0.2) is 33.4 Å². The number of carbonyl (C=O) groups is 2. The number of hydrogen-bond acceptors (Lipinski definition) is 7. The maximum absolute atomic E-state index is 13.9. The number of amides is 1. The van der Waals surface area contributed by atoms with Crippen molar-refractivity contribution in [3.05, 3.63) is 94.4 Å². The molecular formula is C23H15FN4O5. The fraction of sp³-hybridized carbons (Fsp3) is 0.0435. The molecule has 10 heteroatoms. The van der Waals surface area contributed by atoms with Crippen molar-refractivity contribution in [2.45, 2.75) is 0 Å². The van der Waals surface area contributed by atoms with Crippen LogP contribution in [0.1, 0.15) is 10.4 Å². The van der Waals surface area contributed by atoms with Crippen molar-refractivity contribution in [3.63, 3.8) is 0 Å². The first kappa shape index (κ1) is 21.5. The Morgan fingerprint density at radius 1 is 1.03 bits per heavy atom. The van der Waals surface area contributed by atoms with E-state index in [1.165, 1.54) is 6.07 Å². The normalized spacial score (nSPS) is 10.6. The predicted octanol–water partition coefficient (Wildman–Crippen LogP) is 4.14. The summed E-state index contributed by atoms with van der Waals surface area (Å²) in [6, 6.07) is 16.4. The summed E-state index contributed by atoms with van der Waals surface area (Å²) in [7, 11) is 0. The largest absolute Gasteiger partial charge is 0.452 e. The number of nitrogens with zero attached hydrogens (tertiary/aromatic N) is 3. The lowest BCUT2D eigenvalue weighted by Gasteiger charge is -2.10. The van der Waals surface area contributed by atoms with Gasteiger partial charge in [-0.1, -0.05) is 24.3 Å². The van der Waals surface area contributed by atoms with Crippen LogP contribution in [0.5, 0.6) is 0 Å². The molecule has 0 aliphatic rings. The molecule has 0 aliphatic heterocycles. The van der Waals surface area contributed by atoms with E-state index in [9.17, 15) is 24.1 Å². The van der Waals surface area contributed by atoms with Crippen LogP contribution in [0.2, 0.25) is 0 Å². The van der Waals surface area contributed by atoms with Gasteiger partial charge in [0.2, 0.25) is 0 Å². The van der Waals surface area contributed by atoms with Crippen molar-refractivity contribution in [2.24, 2.45) is 0 Å². The van der Waals surface area contributed by atoms with E-state index in [1.807, 2.05) is 0 Å². The molecule has 4 rings (SSSR count). The molecular weight excluding hydrogens is 431 g/mol. The van der Waals surface area contributed by atoms with Crippen LogP contribution in [0.15, 0.2) is 72.9 Å². The molecule has 0 fully saturated rings. The Hall–Kier alpha value is -4.73. The van der Waals surface area contributed by atoms with Gasteiger partial charge < -0.3 is 10.1 Å². The summed E-state index contributed by atoms with van der Waals surface area (Å²) in [6.45, 7) is -0.726. The Labute approximate surface area is 186 Å². The van der Waals surface area contributed by atoms with Gasteiger partial charge in [0.15, 0.2) is 6.61 Å². The number of pyridine rings is 2. The SMILES string of the molecule is O=C(COC(=O)c1cc(-c2ccccn2)nc2ccccc12)Nc1cc([N+](=O)[O-])ccc1F. The Balaban J connectivity index is 1.54. The quantitative estimate of drug-likeness (QED) is 0.268. The highest BCUT2D eigenvalue weighted by atomic mass is 19.1. The molecule has 9 nitrogen and oxygen atoms in total. The zero-order chi connectivity index (χ0) is 23.4. The van der Waals surface area contributed by atoms with Crippen molar-refractivity contribution in [1.82, 2.24) is 9.97 Å². The average molecular weight is 446 g/mol. The molecule has 0 saturated carbocycles. The summed E-state index contributed by atoms with van der Waals surface area (Å²) < 4.78 is 19.0. The number of carbonyl (C=O) groups excluding carboxylic acids is 2. The first-order valence-corrected chi connectivity index (χ1v) is 9.64. The Morgan fingerprint density at radius 3 is 2.58 bits per heavy atom. The third-order valence-electron chi connectivity index (χ3n) is 4.63. The van der Waals surface area contributed by atoms with Gasteiger partial charge in [0.1, 0.15) is 5.82 Å². The second kappa shape index (κ2) is 9.18. The molecule has 2 heterocycles. The van der Waals surface area contributed by atoms with Crippen LogP contribution in [0.3, 0.4) is 0 Å². The molecule has 0 bridgehead atoms. The van der Waals surface area contributed by atoms with E-state index in [0.717, 1.165) is 18.2 Å². The zero-order valence-electron chi connectivity index (χ0n) is 16.9. The van der Waals surface area contributed by atoms with E-state index in [0.29, 0.717) is 22.3 Å². The lowest BCUT2D eigenvalue weighted by Crippen LogP contribution is -2.21. The van der Waals surface area contributed by atoms with Gasteiger partial charge >= 0.3 is 5.97 Å². The number of non-ortho nitro benzene ring substituents is 1. The molecule has 0 saturated heterocycles. The van der Waals surface area contributed by atoms with E-state index in [4.69, 9.17) is 4.74 Å². The zero-order valence-corrected chi connectivity index (χ0v) is 16.9. The van der Waals surface area contributed by atoms with Gasteiger partial charge in [0.05, 0.1) is 33.1 Å². The maximum Gasteiger partial charge on any atom is 0.339 e. The second-order valence-electron chi connectivity index (χ2n) is 6.83. The minimum Gasteiger partial charge on any atom is -0.452 e. The summed E-state index contributed by atoms with van der Waals surface area (Å²) in [5.41, 5.74) is 0.929. The van der Waals surface area contributed by atoms with Gasteiger partial charge in [0, 0.05) is 23.7 Å². The van der Waals surface area contributed by atoms with Gasteiger partial charge in [0.25, 0.3) is 11.6 Å². The van der Waals surface area contributed by atoms with Gasteiger partial charge in [-0.15, -0.1) is 0 Å². The summed E-state index contributed by atoms with van der Waals surface area (Å²) in [6.07, 6.45) is 1.60. The molecule has 164 valence electrons. The number of para-hydroxylation sites is 1. The third-order valence-corrected chi connectivity index (χ3v) is 4.63. The lowest BCUT2D eigenvalue weighted by molar-refractivity contribution is -0.384. The van der Waals surface area contributed by atoms with E-state index in [-0.39, 0.29) is 5.56 Å². The van der Waals surface area contributed by atoms with Crippen LogP contribution >= 0.6 is 0 Å². The molecule has 2 aromatic carbocycles. The average Bonchev–Trinajstić information content (AvgIpc) is 2.83. The number of anilines is 1. The first-order chi connectivity index (χ1) is 15.9. The Morgan fingerprint density at radius 2 is 1.82 bits per heavy atom. The van der Waals surface area contributed by atoms with Crippen molar-refractivity contribution in [3.8, 4) is 11.4 Å². The molecule has 33 heavy (non-hydrogen) atoms. The molecule has 1 amide bonds. The number of nitro groups is 1. The fourth-order valence-electron chi connectivity index (χ4n) is 3.11. The third kappa shape index (κ3) is 4.79. The van der Waals surface area contributed by atoms with Crippen molar-refractivity contribution in [2.75, 3.05) is 11.9 Å². The second-order valence-corrected chi connectivity index (χ2v) is 6.83. The first-order valence-electron chi connectivity index (χ1n) is 9.64. The molecule has 0 aliphatic carbocycles. The van der Waals surface area contributed by atoms with E-state index < -0.39 is 40.6 Å². The van der Waals surface area contributed by atoms with Gasteiger partial charge in [-0.05, 0) is 30.3 Å². The molecule has 0 spiro atoms. The minimum atomic E-state index is -0.861. The lowest BCUT2D eigenvalue weighted by atomic mass is 10.1. The van der Waals surface area contributed by atoms with Crippen LogP contribution in [0.4, 0.5) is 15.8 Å². The number of rotatable bonds is 6. The Bertz CT molecular complexity index is 1380.